The average molecular weight is 265 g/mol. The molecule has 106 valence electrons. The Kier molecular flexibility index (Phi) is 4.61. The molecule has 2 heterocycles. The minimum Gasteiger partial charge on any atom is -0.467 e. The molecule has 5 heteroatoms. The van der Waals surface area contributed by atoms with Gasteiger partial charge in [0, 0.05) is 32.7 Å². The van der Waals surface area contributed by atoms with Crippen molar-refractivity contribution in [2.45, 2.75) is 20.4 Å². The van der Waals surface area contributed by atoms with Crippen LogP contribution in [0.15, 0.2) is 22.8 Å². The van der Waals surface area contributed by atoms with Crippen molar-refractivity contribution < 1.29 is 9.21 Å². The molecule has 1 aliphatic heterocycles. The van der Waals surface area contributed by atoms with E-state index in [1.165, 1.54) is 0 Å². The van der Waals surface area contributed by atoms with Crippen LogP contribution in [0.2, 0.25) is 0 Å². The normalized spacial score (nSPS) is 17.4. The molecule has 2 rings (SSSR count). The van der Waals surface area contributed by atoms with Crippen molar-refractivity contribution in [2.24, 2.45) is 5.41 Å². The van der Waals surface area contributed by atoms with Crippen molar-refractivity contribution in [3.05, 3.63) is 24.2 Å². The van der Waals surface area contributed by atoms with E-state index in [4.69, 9.17) is 4.42 Å². The second-order valence-electron chi connectivity index (χ2n) is 5.67. The first-order chi connectivity index (χ1) is 9.08. The van der Waals surface area contributed by atoms with Gasteiger partial charge in [0.2, 0.25) is 5.91 Å². The number of piperazine rings is 1. The SMILES string of the molecule is CC(C)(CN1CCNCC1)C(=O)NCc1ccco1. The highest BCUT2D eigenvalue weighted by Crippen LogP contribution is 2.18. The van der Waals surface area contributed by atoms with Gasteiger partial charge in [-0.3, -0.25) is 9.69 Å². The summed E-state index contributed by atoms with van der Waals surface area (Å²) in [4.78, 5) is 14.6. The van der Waals surface area contributed by atoms with Crippen LogP contribution in [0, 0.1) is 5.41 Å². The zero-order chi connectivity index (χ0) is 13.7. The third-order valence-corrected chi connectivity index (χ3v) is 3.45. The minimum atomic E-state index is -0.385. The van der Waals surface area contributed by atoms with Gasteiger partial charge in [-0.15, -0.1) is 0 Å². The number of furan rings is 1. The fourth-order valence-corrected chi connectivity index (χ4v) is 2.32. The van der Waals surface area contributed by atoms with Crippen LogP contribution >= 0.6 is 0 Å². The second-order valence-corrected chi connectivity index (χ2v) is 5.67. The third kappa shape index (κ3) is 4.08. The maximum Gasteiger partial charge on any atom is 0.227 e. The summed E-state index contributed by atoms with van der Waals surface area (Å²) >= 11 is 0. The number of carbonyl (C=O) groups is 1. The molecule has 19 heavy (non-hydrogen) atoms. The van der Waals surface area contributed by atoms with E-state index in [9.17, 15) is 4.79 Å². The molecular formula is C14H23N3O2. The fraction of sp³-hybridized carbons (Fsp3) is 0.643. The Labute approximate surface area is 114 Å². The first kappa shape index (κ1) is 14.1. The number of hydrogen-bond acceptors (Lipinski definition) is 4. The molecule has 0 unspecified atom stereocenters. The summed E-state index contributed by atoms with van der Waals surface area (Å²) in [5.41, 5.74) is -0.385. The largest absolute Gasteiger partial charge is 0.467 e. The van der Waals surface area contributed by atoms with Crippen LogP contribution in [-0.4, -0.2) is 43.5 Å². The zero-order valence-electron chi connectivity index (χ0n) is 11.7. The first-order valence-corrected chi connectivity index (χ1v) is 6.82. The highest BCUT2D eigenvalue weighted by Gasteiger charge is 2.30. The summed E-state index contributed by atoms with van der Waals surface area (Å²) in [6.45, 7) is 9.26. The van der Waals surface area contributed by atoms with Crippen molar-refractivity contribution in [1.82, 2.24) is 15.5 Å². The Balaban J connectivity index is 1.81. The second kappa shape index (κ2) is 6.21. The van der Waals surface area contributed by atoms with Crippen molar-refractivity contribution in [1.29, 1.82) is 0 Å². The van der Waals surface area contributed by atoms with E-state index in [0.717, 1.165) is 38.5 Å². The van der Waals surface area contributed by atoms with Crippen molar-refractivity contribution in [2.75, 3.05) is 32.7 Å². The van der Waals surface area contributed by atoms with E-state index in [1.807, 2.05) is 26.0 Å². The van der Waals surface area contributed by atoms with E-state index >= 15 is 0 Å². The third-order valence-electron chi connectivity index (χ3n) is 3.45. The van der Waals surface area contributed by atoms with Gasteiger partial charge in [0.1, 0.15) is 5.76 Å². The lowest BCUT2D eigenvalue weighted by Crippen LogP contribution is -2.50. The van der Waals surface area contributed by atoms with Crippen molar-refractivity contribution >= 4 is 5.91 Å². The highest BCUT2D eigenvalue weighted by atomic mass is 16.3. The molecule has 1 aromatic heterocycles. The van der Waals surface area contributed by atoms with Crippen LogP contribution in [0.4, 0.5) is 0 Å². The summed E-state index contributed by atoms with van der Waals surface area (Å²) in [6.07, 6.45) is 1.62. The summed E-state index contributed by atoms with van der Waals surface area (Å²) in [7, 11) is 0. The lowest BCUT2D eigenvalue weighted by atomic mass is 9.91. The first-order valence-electron chi connectivity index (χ1n) is 6.82. The number of hydrogen-bond donors (Lipinski definition) is 2. The van der Waals surface area contributed by atoms with Crippen LogP contribution in [0.1, 0.15) is 19.6 Å². The Hall–Kier alpha value is -1.33. The molecular weight excluding hydrogens is 242 g/mol. The summed E-state index contributed by atoms with van der Waals surface area (Å²) < 4.78 is 5.21. The Bertz CT molecular complexity index is 395. The molecule has 1 amide bonds. The molecule has 1 saturated heterocycles. The number of rotatable bonds is 5. The van der Waals surface area contributed by atoms with Gasteiger partial charge in [0.15, 0.2) is 0 Å². The molecule has 0 bridgehead atoms. The molecule has 0 saturated carbocycles. The van der Waals surface area contributed by atoms with E-state index < -0.39 is 0 Å². The van der Waals surface area contributed by atoms with Crippen molar-refractivity contribution in [3.63, 3.8) is 0 Å². The average Bonchev–Trinajstić information content (AvgIpc) is 2.89. The predicted octanol–water partition coefficient (Wildman–Crippen LogP) is 0.827. The lowest BCUT2D eigenvalue weighted by molar-refractivity contribution is -0.130. The number of nitrogens with one attached hydrogen (secondary N) is 2. The van der Waals surface area contributed by atoms with Crippen LogP contribution < -0.4 is 10.6 Å². The molecule has 0 spiro atoms. The fourth-order valence-electron chi connectivity index (χ4n) is 2.32. The standard InChI is InChI=1S/C14H23N3O2/c1-14(2,11-17-7-5-15-6-8-17)13(18)16-10-12-4-3-9-19-12/h3-4,9,15H,5-8,10-11H2,1-2H3,(H,16,18). The predicted molar refractivity (Wildman–Crippen MR) is 73.6 cm³/mol. The molecule has 1 aliphatic rings. The lowest BCUT2D eigenvalue weighted by Gasteiger charge is -2.34. The summed E-state index contributed by atoms with van der Waals surface area (Å²) in [5, 5.41) is 6.26. The highest BCUT2D eigenvalue weighted by molar-refractivity contribution is 5.81. The van der Waals surface area contributed by atoms with Gasteiger partial charge in [-0.1, -0.05) is 0 Å². The van der Waals surface area contributed by atoms with E-state index in [1.54, 1.807) is 6.26 Å². The Morgan fingerprint density at radius 1 is 1.47 bits per heavy atom. The number of carbonyl (C=O) groups excluding carboxylic acids is 1. The van der Waals surface area contributed by atoms with E-state index in [0.29, 0.717) is 6.54 Å². The molecule has 5 nitrogen and oxygen atoms in total. The topological polar surface area (TPSA) is 57.5 Å². The maximum absolute atomic E-state index is 12.2. The van der Waals surface area contributed by atoms with Gasteiger partial charge in [-0.25, -0.2) is 0 Å². The molecule has 1 fully saturated rings. The van der Waals surface area contributed by atoms with Gasteiger partial charge in [0.25, 0.3) is 0 Å². The summed E-state index contributed by atoms with van der Waals surface area (Å²) in [5.74, 6) is 0.855. The van der Waals surface area contributed by atoms with Gasteiger partial charge >= 0.3 is 0 Å². The monoisotopic (exact) mass is 265 g/mol. The smallest absolute Gasteiger partial charge is 0.227 e. The quantitative estimate of drug-likeness (QED) is 0.828. The number of nitrogens with zero attached hydrogens (tertiary/aromatic N) is 1. The van der Waals surface area contributed by atoms with Gasteiger partial charge in [0.05, 0.1) is 18.2 Å². The van der Waals surface area contributed by atoms with Gasteiger partial charge < -0.3 is 15.1 Å². The molecule has 2 N–H and O–H groups in total. The van der Waals surface area contributed by atoms with Crippen LogP contribution in [0.3, 0.4) is 0 Å². The van der Waals surface area contributed by atoms with Gasteiger partial charge in [-0.2, -0.15) is 0 Å². The molecule has 0 atom stereocenters. The Morgan fingerprint density at radius 3 is 2.84 bits per heavy atom. The van der Waals surface area contributed by atoms with Gasteiger partial charge in [-0.05, 0) is 26.0 Å². The Morgan fingerprint density at radius 2 is 2.21 bits per heavy atom. The van der Waals surface area contributed by atoms with E-state index in [2.05, 4.69) is 15.5 Å². The number of amides is 1. The molecule has 0 aliphatic carbocycles. The molecule has 0 aromatic carbocycles. The van der Waals surface area contributed by atoms with Crippen LogP contribution in [0.25, 0.3) is 0 Å². The zero-order valence-corrected chi connectivity index (χ0v) is 11.7. The van der Waals surface area contributed by atoms with Crippen molar-refractivity contribution in [3.8, 4) is 0 Å². The molecule has 0 radical (unpaired) electrons. The van der Waals surface area contributed by atoms with Crippen LogP contribution in [0.5, 0.6) is 0 Å². The van der Waals surface area contributed by atoms with E-state index in [-0.39, 0.29) is 11.3 Å². The van der Waals surface area contributed by atoms with Crippen LogP contribution in [-0.2, 0) is 11.3 Å². The molecule has 1 aromatic rings. The maximum atomic E-state index is 12.2. The minimum absolute atomic E-state index is 0.0717. The summed E-state index contributed by atoms with van der Waals surface area (Å²) in [6, 6.07) is 3.69.